The molecular weight excluding hydrogens is 388 g/mol. The molecule has 4 rings (SSSR count). The van der Waals surface area contributed by atoms with Crippen molar-refractivity contribution in [3.05, 3.63) is 70.0 Å². The van der Waals surface area contributed by atoms with E-state index in [1.807, 2.05) is 36.0 Å². The van der Waals surface area contributed by atoms with Crippen molar-refractivity contribution in [1.29, 1.82) is 5.26 Å². The van der Waals surface area contributed by atoms with Crippen molar-refractivity contribution in [2.24, 2.45) is 11.8 Å². The molecule has 0 radical (unpaired) electrons. The van der Waals surface area contributed by atoms with Gasteiger partial charge in [-0.2, -0.15) is 9.83 Å². The highest BCUT2D eigenvalue weighted by Crippen LogP contribution is 2.51. The first-order valence-corrected chi connectivity index (χ1v) is 9.91. The Balaban J connectivity index is 1.88. The van der Waals surface area contributed by atoms with Crippen LogP contribution in [0.2, 0.25) is 0 Å². The van der Waals surface area contributed by atoms with Crippen molar-refractivity contribution in [3.63, 3.8) is 0 Å². The van der Waals surface area contributed by atoms with Gasteiger partial charge in [-0.3, -0.25) is 10.1 Å². The number of nitriles is 1. The molecule has 2 heterocycles. The lowest BCUT2D eigenvalue weighted by atomic mass is 9.72. The molecule has 4 atom stereocenters. The van der Waals surface area contributed by atoms with Crippen molar-refractivity contribution in [2.45, 2.75) is 37.5 Å². The number of pyridine rings is 1. The van der Waals surface area contributed by atoms with Crippen LogP contribution in [0.1, 0.15) is 35.9 Å². The van der Waals surface area contributed by atoms with Crippen molar-refractivity contribution >= 4 is 22.9 Å². The van der Waals surface area contributed by atoms with Gasteiger partial charge in [0.25, 0.3) is 5.69 Å². The SMILES string of the molecule is Cc1cc[n+]([C@@H]2[C@@H](c3ccc([N+](=O)[O-])cc3)[C@@H](C#N)C(=S)N[C@]2(O)C2CC2)cc1. The van der Waals surface area contributed by atoms with Crippen molar-refractivity contribution < 1.29 is 14.6 Å². The number of piperidine rings is 1. The molecule has 7 nitrogen and oxygen atoms in total. The Morgan fingerprint density at radius 3 is 2.41 bits per heavy atom. The molecule has 1 aliphatic carbocycles. The lowest BCUT2D eigenvalue weighted by molar-refractivity contribution is -0.744. The van der Waals surface area contributed by atoms with E-state index in [9.17, 15) is 20.5 Å². The molecule has 0 bridgehead atoms. The molecule has 1 saturated carbocycles. The second-order valence-electron chi connectivity index (χ2n) is 7.84. The maximum atomic E-state index is 11.7. The smallest absolute Gasteiger partial charge is 0.269 e. The number of nitrogens with one attached hydrogen (secondary N) is 1. The molecule has 148 valence electrons. The summed E-state index contributed by atoms with van der Waals surface area (Å²) in [4.78, 5) is 10.9. The van der Waals surface area contributed by atoms with E-state index in [1.165, 1.54) is 12.1 Å². The summed E-state index contributed by atoms with van der Waals surface area (Å²) in [6.07, 6.45) is 5.55. The number of thiocarbonyl (C=S) groups is 1. The summed E-state index contributed by atoms with van der Waals surface area (Å²) >= 11 is 5.48. The largest absolute Gasteiger partial charge is 0.365 e. The number of aromatic nitrogens is 1. The first-order valence-electron chi connectivity index (χ1n) is 9.51. The van der Waals surface area contributed by atoms with E-state index in [4.69, 9.17) is 12.2 Å². The average molecular weight is 409 g/mol. The minimum absolute atomic E-state index is 0.0178. The van der Waals surface area contributed by atoms with E-state index >= 15 is 0 Å². The van der Waals surface area contributed by atoms with Gasteiger partial charge in [-0.05, 0) is 30.9 Å². The molecule has 29 heavy (non-hydrogen) atoms. The van der Waals surface area contributed by atoms with Crippen LogP contribution in [-0.4, -0.2) is 20.7 Å². The standard InChI is InChI=1S/C21H20N4O3S/c1-13-8-10-24(11-9-13)19-18(14-2-6-16(7-3-14)25(27)28)17(12-22)20(29)23-21(19,26)15-4-5-15/h2-3,6-11,15,17-19,26H,4-5H2,1H3/p+1/t17-,18+,19-,21+/m1/s1. The number of nitrogens with zero attached hydrogens (tertiary/aromatic N) is 3. The first kappa shape index (κ1) is 19.4. The van der Waals surface area contributed by atoms with E-state index in [1.54, 1.807) is 12.1 Å². The van der Waals surface area contributed by atoms with Crippen LogP contribution >= 0.6 is 12.2 Å². The van der Waals surface area contributed by atoms with Gasteiger partial charge in [0, 0.05) is 30.2 Å². The lowest BCUT2D eigenvalue weighted by Gasteiger charge is -2.44. The highest BCUT2D eigenvalue weighted by molar-refractivity contribution is 7.80. The number of benzene rings is 1. The number of rotatable bonds is 4. The van der Waals surface area contributed by atoms with Gasteiger partial charge in [-0.1, -0.05) is 24.4 Å². The zero-order chi connectivity index (χ0) is 20.8. The second-order valence-corrected chi connectivity index (χ2v) is 8.28. The lowest BCUT2D eigenvalue weighted by Crippen LogP contribution is -2.69. The van der Waals surface area contributed by atoms with Gasteiger partial charge >= 0.3 is 0 Å². The highest BCUT2D eigenvalue weighted by atomic mass is 32.1. The molecule has 1 saturated heterocycles. The van der Waals surface area contributed by atoms with Gasteiger partial charge in [0.1, 0.15) is 5.92 Å². The highest BCUT2D eigenvalue weighted by Gasteiger charge is 2.62. The predicted octanol–water partition coefficient (Wildman–Crippen LogP) is 2.68. The Bertz CT molecular complexity index is 998. The summed E-state index contributed by atoms with van der Waals surface area (Å²) < 4.78 is 1.93. The number of hydrogen-bond acceptors (Lipinski definition) is 5. The fraction of sp³-hybridized carbons (Fsp3) is 0.381. The summed E-state index contributed by atoms with van der Waals surface area (Å²) in [5, 5.41) is 35.7. The van der Waals surface area contributed by atoms with Crippen LogP contribution in [-0.2, 0) is 0 Å². The van der Waals surface area contributed by atoms with E-state index in [0.717, 1.165) is 24.0 Å². The summed E-state index contributed by atoms with van der Waals surface area (Å²) in [6.45, 7) is 1.98. The van der Waals surface area contributed by atoms with Crippen LogP contribution in [0.3, 0.4) is 0 Å². The van der Waals surface area contributed by atoms with Crippen LogP contribution in [0.4, 0.5) is 5.69 Å². The van der Waals surface area contributed by atoms with Crippen LogP contribution in [0.15, 0.2) is 48.8 Å². The van der Waals surface area contributed by atoms with E-state index in [2.05, 4.69) is 11.4 Å². The van der Waals surface area contributed by atoms with E-state index in [-0.39, 0.29) is 11.6 Å². The van der Waals surface area contributed by atoms with Gasteiger partial charge in [0.15, 0.2) is 12.4 Å². The Labute approximate surface area is 173 Å². The number of aliphatic hydroxyl groups is 1. The van der Waals surface area contributed by atoms with Crippen LogP contribution in [0.5, 0.6) is 0 Å². The zero-order valence-corrected chi connectivity index (χ0v) is 16.7. The third-order valence-corrected chi connectivity index (χ3v) is 6.28. The molecule has 0 amide bonds. The monoisotopic (exact) mass is 409 g/mol. The maximum Gasteiger partial charge on any atom is 0.269 e. The average Bonchev–Trinajstić information content (AvgIpc) is 3.54. The molecule has 2 aromatic rings. The van der Waals surface area contributed by atoms with Gasteiger partial charge in [-0.25, -0.2) is 0 Å². The molecule has 0 unspecified atom stereocenters. The Morgan fingerprint density at radius 2 is 1.90 bits per heavy atom. The number of nitro benzene ring substituents is 1. The summed E-state index contributed by atoms with van der Waals surface area (Å²) in [6, 6.07) is 11.9. The topological polar surface area (TPSA) is 103 Å². The molecule has 1 aromatic carbocycles. The second kappa shape index (κ2) is 7.17. The Morgan fingerprint density at radius 1 is 1.28 bits per heavy atom. The maximum absolute atomic E-state index is 11.7. The van der Waals surface area contributed by atoms with E-state index < -0.39 is 28.5 Å². The minimum Gasteiger partial charge on any atom is -0.365 e. The first-order chi connectivity index (χ1) is 13.8. The number of non-ortho nitro benzene ring substituents is 1. The van der Waals surface area contributed by atoms with Crippen molar-refractivity contribution in [2.75, 3.05) is 0 Å². The van der Waals surface area contributed by atoms with Gasteiger partial charge in [0.2, 0.25) is 11.8 Å². The Kier molecular flexibility index (Phi) is 4.81. The fourth-order valence-electron chi connectivity index (χ4n) is 4.28. The molecule has 2 fully saturated rings. The van der Waals surface area contributed by atoms with E-state index in [0.29, 0.717) is 4.99 Å². The number of hydrogen-bond donors (Lipinski definition) is 2. The molecule has 1 aromatic heterocycles. The predicted molar refractivity (Wildman–Crippen MR) is 109 cm³/mol. The molecule has 0 spiro atoms. The molecule has 1 aliphatic heterocycles. The van der Waals surface area contributed by atoms with Gasteiger partial charge in [0.05, 0.1) is 21.9 Å². The number of aryl methyl sites for hydroxylation is 1. The third-order valence-electron chi connectivity index (χ3n) is 5.92. The van der Waals surface area contributed by atoms with Crippen LogP contribution < -0.4 is 9.88 Å². The molecule has 8 heteroatoms. The number of nitro groups is 1. The quantitative estimate of drug-likeness (QED) is 0.348. The van der Waals surface area contributed by atoms with Crippen molar-refractivity contribution in [1.82, 2.24) is 5.32 Å². The molecule has 2 N–H and O–H groups in total. The Hall–Kier alpha value is -2.89. The normalized spacial score (nSPS) is 29.0. The summed E-state index contributed by atoms with van der Waals surface area (Å²) in [7, 11) is 0. The molecule has 2 aliphatic rings. The van der Waals surface area contributed by atoms with Crippen LogP contribution in [0, 0.1) is 40.2 Å². The van der Waals surface area contributed by atoms with Crippen molar-refractivity contribution in [3.8, 4) is 6.07 Å². The van der Waals surface area contributed by atoms with Crippen LogP contribution in [0.25, 0.3) is 0 Å². The third kappa shape index (κ3) is 3.37. The minimum atomic E-state index is -1.29. The summed E-state index contributed by atoms with van der Waals surface area (Å²) in [5.74, 6) is -1.09. The summed E-state index contributed by atoms with van der Waals surface area (Å²) in [5.41, 5.74) is 0.509. The fourth-order valence-corrected chi connectivity index (χ4v) is 4.64. The van der Waals surface area contributed by atoms with Gasteiger partial charge < -0.3 is 10.4 Å². The molecular formula is C21H21N4O3S+. The van der Waals surface area contributed by atoms with Gasteiger partial charge in [-0.15, -0.1) is 0 Å². The zero-order valence-electron chi connectivity index (χ0n) is 15.9.